The zero-order chi connectivity index (χ0) is 19.1. The van der Waals surface area contributed by atoms with E-state index in [0.717, 1.165) is 10.0 Å². The fourth-order valence-electron chi connectivity index (χ4n) is 2.46. The Hall–Kier alpha value is -1.89. The number of rotatable bonds is 7. The lowest BCUT2D eigenvalue weighted by molar-refractivity contribution is -0.123. The predicted octanol–water partition coefficient (Wildman–Crippen LogP) is 3.52. The second-order valence-corrected chi connectivity index (χ2v) is 7.23. The zero-order valence-electron chi connectivity index (χ0n) is 14.2. The Labute approximate surface area is 165 Å². The van der Waals surface area contributed by atoms with Crippen LogP contribution in [-0.4, -0.2) is 23.5 Å². The largest absolute Gasteiger partial charge is 0.387 e. The third-order valence-corrected chi connectivity index (χ3v) is 4.57. The maximum Gasteiger partial charge on any atom is 0.222 e. The average Bonchev–Trinajstić information content (AvgIpc) is 2.60. The number of hydrogen-bond acceptors (Lipinski definition) is 3. The molecule has 2 atom stereocenters. The number of hydrogen-bond donors (Lipinski definition) is 3. The molecule has 5 nitrogen and oxygen atoms in total. The molecule has 7 heteroatoms. The smallest absolute Gasteiger partial charge is 0.222 e. The topological polar surface area (TPSA) is 78.4 Å². The van der Waals surface area contributed by atoms with E-state index in [1.807, 2.05) is 24.3 Å². The minimum absolute atomic E-state index is 0.0770. The molecule has 0 fully saturated rings. The van der Waals surface area contributed by atoms with Crippen LogP contribution in [0.4, 0.5) is 0 Å². The molecule has 0 aliphatic carbocycles. The third-order valence-electron chi connectivity index (χ3n) is 3.79. The summed E-state index contributed by atoms with van der Waals surface area (Å²) in [7, 11) is 0. The van der Waals surface area contributed by atoms with Crippen LogP contribution < -0.4 is 10.6 Å². The van der Waals surface area contributed by atoms with Crippen molar-refractivity contribution in [2.75, 3.05) is 6.54 Å². The first-order valence-electron chi connectivity index (χ1n) is 8.08. The molecule has 0 saturated carbocycles. The molecule has 26 heavy (non-hydrogen) atoms. The second-order valence-electron chi connectivity index (χ2n) is 5.88. The Morgan fingerprint density at radius 2 is 1.65 bits per heavy atom. The minimum Gasteiger partial charge on any atom is -0.387 e. The van der Waals surface area contributed by atoms with E-state index in [4.69, 9.17) is 11.6 Å². The van der Waals surface area contributed by atoms with E-state index in [9.17, 15) is 14.7 Å². The van der Waals surface area contributed by atoms with Gasteiger partial charge in [-0.15, -0.1) is 0 Å². The molecule has 0 aliphatic heterocycles. The summed E-state index contributed by atoms with van der Waals surface area (Å²) in [5, 5.41) is 16.2. The molecule has 3 N–H and O–H groups in total. The molecular formula is C19H20BrClN2O3. The van der Waals surface area contributed by atoms with Crippen LogP contribution in [0.1, 0.15) is 36.6 Å². The molecule has 0 spiro atoms. The highest BCUT2D eigenvalue weighted by atomic mass is 79.9. The minimum atomic E-state index is -0.830. The molecule has 0 bridgehead atoms. The number of aliphatic hydroxyl groups excluding tert-OH is 1. The van der Waals surface area contributed by atoms with Crippen LogP contribution in [0, 0.1) is 0 Å². The van der Waals surface area contributed by atoms with Gasteiger partial charge in [0.25, 0.3) is 0 Å². The molecule has 0 heterocycles. The highest BCUT2D eigenvalue weighted by molar-refractivity contribution is 9.10. The summed E-state index contributed by atoms with van der Waals surface area (Å²) in [5.41, 5.74) is 1.50. The number of aliphatic hydroxyl groups is 1. The van der Waals surface area contributed by atoms with Crippen LogP contribution >= 0.6 is 27.5 Å². The van der Waals surface area contributed by atoms with Crippen molar-refractivity contribution in [2.24, 2.45) is 0 Å². The monoisotopic (exact) mass is 438 g/mol. The summed E-state index contributed by atoms with van der Waals surface area (Å²) in [6.07, 6.45) is -0.753. The predicted molar refractivity (Wildman–Crippen MR) is 105 cm³/mol. The summed E-state index contributed by atoms with van der Waals surface area (Å²) in [5.74, 6) is -0.480. The number of carbonyl (C=O) groups excluding carboxylic acids is 2. The van der Waals surface area contributed by atoms with Crippen LogP contribution in [0.2, 0.25) is 5.02 Å². The van der Waals surface area contributed by atoms with E-state index >= 15 is 0 Å². The summed E-state index contributed by atoms with van der Waals surface area (Å²) in [6, 6.07) is 13.8. The molecule has 0 aliphatic rings. The van der Waals surface area contributed by atoms with Gasteiger partial charge in [0.15, 0.2) is 0 Å². The fourth-order valence-corrected chi connectivity index (χ4v) is 2.85. The van der Waals surface area contributed by atoms with Gasteiger partial charge in [-0.2, -0.15) is 0 Å². The molecule has 0 radical (unpaired) electrons. The first kappa shape index (κ1) is 20.4. The first-order valence-corrected chi connectivity index (χ1v) is 9.25. The molecule has 2 aromatic rings. The van der Waals surface area contributed by atoms with E-state index in [0.29, 0.717) is 10.6 Å². The maximum absolute atomic E-state index is 12.3. The number of amides is 2. The number of carbonyl (C=O) groups is 2. The number of nitrogens with one attached hydrogen (secondary N) is 2. The maximum atomic E-state index is 12.3. The first-order chi connectivity index (χ1) is 12.3. The lowest BCUT2D eigenvalue weighted by Crippen LogP contribution is -2.34. The van der Waals surface area contributed by atoms with Crippen LogP contribution in [0.25, 0.3) is 0 Å². The summed E-state index contributed by atoms with van der Waals surface area (Å²) in [6.45, 7) is 1.49. The van der Waals surface area contributed by atoms with Crippen molar-refractivity contribution in [1.29, 1.82) is 0 Å². The van der Waals surface area contributed by atoms with Crippen molar-refractivity contribution >= 4 is 39.3 Å². The molecule has 2 aromatic carbocycles. The van der Waals surface area contributed by atoms with E-state index in [-0.39, 0.29) is 24.8 Å². The molecule has 0 aromatic heterocycles. The van der Waals surface area contributed by atoms with Crippen LogP contribution in [0.5, 0.6) is 0 Å². The Kier molecular flexibility index (Phi) is 7.63. The number of benzene rings is 2. The van der Waals surface area contributed by atoms with Crippen molar-refractivity contribution < 1.29 is 14.7 Å². The fraction of sp³-hybridized carbons (Fsp3) is 0.263. The van der Waals surface area contributed by atoms with Gasteiger partial charge >= 0.3 is 0 Å². The lowest BCUT2D eigenvalue weighted by atomic mass is 10.0. The average molecular weight is 440 g/mol. The normalized spacial score (nSPS) is 12.9. The molecular weight excluding hydrogens is 420 g/mol. The number of halogens is 2. The van der Waals surface area contributed by atoms with Crippen molar-refractivity contribution in [2.45, 2.75) is 25.5 Å². The van der Waals surface area contributed by atoms with Crippen molar-refractivity contribution in [3.63, 3.8) is 0 Å². The van der Waals surface area contributed by atoms with Gasteiger partial charge < -0.3 is 15.7 Å². The van der Waals surface area contributed by atoms with Crippen molar-refractivity contribution in [3.05, 3.63) is 69.2 Å². The van der Waals surface area contributed by atoms with Crippen LogP contribution in [0.15, 0.2) is 53.0 Å². The van der Waals surface area contributed by atoms with Gasteiger partial charge in [-0.3, -0.25) is 9.59 Å². The van der Waals surface area contributed by atoms with Gasteiger partial charge in [-0.05, 0) is 35.4 Å². The third kappa shape index (κ3) is 6.44. The van der Waals surface area contributed by atoms with E-state index < -0.39 is 12.1 Å². The summed E-state index contributed by atoms with van der Waals surface area (Å²) in [4.78, 5) is 23.7. The van der Waals surface area contributed by atoms with Gasteiger partial charge in [0, 0.05) is 23.0 Å². The lowest BCUT2D eigenvalue weighted by Gasteiger charge is -2.19. The summed E-state index contributed by atoms with van der Waals surface area (Å²) >= 11 is 9.18. The molecule has 138 valence electrons. The van der Waals surface area contributed by atoms with Crippen LogP contribution in [-0.2, 0) is 9.59 Å². The highest BCUT2D eigenvalue weighted by Crippen LogP contribution is 2.20. The van der Waals surface area contributed by atoms with E-state index in [1.165, 1.54) is 6.92 Å². The van der Waals surface area contributed by atoms with Gasteiger partial charge in [-0.25, -0.2) is 0 Å². The van der Waals surface area contributed by atoms with Crippen LogP contribution in [0.3, 0.4) is 0 Å². The SMILES string of the molecule is CC(=O)NC(CC(=O)NCC(O)c1ccc(Cl)cc1)c1ccc(Br)cc1. The van der Waals surface area contributed by atoms with Crippen molar-refractivity contribution in [3.8, 4) is 0 Å². The van der Waals surface area contributed by atoms with E-state index in [2.05, 4.69) is 26.6 Å². The second kappa shape index (κ2) is 9.71. The van der Waals surface area contributed by atoms with Gasteiger partial charge in [0.05, 0.1) is 18.6 Å². The van der Waals surface area contributed by atoms with E-state index in [1.54, 1.807) is 24.3 Å². The highest BCUT2D eigenvalue weighted by Gasteiger charge is 2.18. The van der Waals surface area contributed by atoms with Crippen molar-refractivity contribution in [1.82, 2.24) is 10.6 Å². The van der Waals surface area contributed by atoms with Gasteiger partial charge in [0.1, 0.15) is 0 Å². The summed E-state index contributed by atoms with van der Waals surface area (Å²) < 4.78 is 0.915. The van der Waals surface area contributed by atoms with Gasteiger partial charge in [-0.1, -0.05) is 51.8 Å². The molecule has 2 amide bonds. The van der Waals surface area contributed by atoms with Gasteiger partial charge in [0.2, 0.25) is 11.8 Å². The Bertz CT molecular complexity index is 750. The standard InChI is InChI=1S/C19H20BrClN2O3/c1-12(24)23-17(13-2-6-15(20)7-3-13)10-19(26)22-11-18(25)14-4-8-16(21)9-5-14/h2-9,17-18,25H,10-11H2,1H3,(H,22,26)(H,23,24). The zero-order valence-corrected chi connectivity index (χ0v) is 16.5. The molecule has 0 saturated heterocycles. The Morgan fingerprint density at radius 3 is 2.23 bits per heavy atom. The molecule has 2 rings (SSSR count). The Morgan fingerprint density at radius 1 is 1.08 bits per heavy atom. The molecule has 2 unspecified atom stereocenters. The quantitative estimate of drug-likeness (QED) is 0.618. The Balaban J connectivity index is 1.94.